The zero-order chi connectivity index (χ0) is 12.1. The number of hydrogen-bond acceptors (Lipinski definition) is 2. The molecule has 0 aliphatic carbocycles. The van der Waals surface area contributed by atoms with E-state index in [2.05, 4.69) is 13.8 Å². The highest BCUT2D eigenvalue weighted by Crippen LogP contribution is 2.26. The van der Waals surface area contributed by atoms with E-state index in [1.54, 1.807) is 6.92 Å². The van der Waals surface area contributed by atoms with E-state index in [0.717, 1.165) is 23.3 Å². The van der Waals surface area contributed by atoms with E-state index in [0.29, 0.717) is 12.5 Å². The van der Waals surface area contributed by atoms with E-state index >= 15 is 0 Å². The molecule has 0 aliphatic rings. The summed E-state index contributed by atoms with van der Waals surface area (Å²) in [7, 11) is 0. The normalized spacial score (nSPS) is 14.6. The summed E-state index contributed by atoms with van der Waals surface area (Å²) in [6.45, 7) is 8.81. The second-order valence-electron chi connectivity index (χ2n) is 4.54. The molecule has 90 valence electrons. The zero-order valence-corrected chi connectivity index (χ0v) is 10.7. The lowest BCUT2D eigenvalue weighted by Gasteiger charge is -2.16. The van der Waals surface area contributed by atoms with Crippen LogP contribution in [-0.2, 0) is 0 Å². The molecule has 0 amide bonds. The Morgan fingerprint density at radius 1 is 1.31 bits per heavy atom. The van der Waals surface area contributed by atoms with Gasteiger partial charge in [0.15, 0.2) is 0 Å². The largest absolute Gasteiger partial charge is 0.493 e. The second kappa shape index (κ2) is 5.90. The van der Waals surface area contributed by atoms with Crippen molar-refractivity contribution in [2.45, 2.75) is 40.2 Å². The Morgan fingerprint density at radius 2 is 2.00 bits per heavy atom. The van der Waals surface area contributed by atoms with E-state index < -0.39 is 6.10 Å². The van der Waals surface area contributed by atoms with Crippen LogP contribution < -0.4 is 4.74 Å². The molecule has 1 aromatic rings. The molecule has 2 heteroatoms. The van der Waals surface area contributed by atoms with Gasteiger partial charge < -0.3 is 9.84 Å². The molecule has 0 saturated heterocycles. The molecule has 0 aliphatic heterocycles. The molecule has 1 aromatic carbocycles. The summed E-state index contributed by atoms with van der Waals surface area (Å²) in [6.07, 6.45) is 0.627. The Balaban J connectivity index is 2.78. The summed E-state index contributed by atoms with van der Waals surface area (Å²) >= 11 is 0. The lowest BCUT2D eigenvalue weighted by molar-refractivity contribution is 0.186. The molecule has 0 aromatic heterocycles. The maximum atomic E-state index is 9.67. The molecule has 1 unspecified atom stereocenters. The third-order valence-electron chi connectivity index (χ3n) is 2.84. The van der Waals surface area contributed by atoms with E-state index in [9.17, 15) is 5.11 Å². The molecule has 1 rings (SSSR count). The summed E-state index contributed by atoms with van der Waals surface area (Å²) in [5, 5.41) is 9.67. The fourth-order valence-corrected chi connectivity index (χ4v) is 1.48. The van der Waals surface area contributed by atoms with Crippen molar-refractivity contribution in [1.82, 2.24) is 0 Å². The highest BCUT2D eigenvalue weighted by atomic mass is 16.5. The number of aryl methyl sites for hydroxylation is 1. The number of ether oxygens (including phenoxy) is 1. The molecule has 1 N–H and O–H groups in total. The predicted octanol–water partition coefficient (Wildman–Crippen LogP) is 3.47. The van der Waals surface area contributed by atoms with Gasteiger partial charge in [0.1, 0.15) is 5.75 Å². The van der Waals surface area contributed by atoms with Crippen LogP contribution in [0.2, 0.25) is 0 Å². The molecular formula is C14H22O2. The number of aliphatic hydroxyl groups is 1. The molecule has 0 radical (unpaired) electrons. The zero-order valence-electron chi connectivity index (χ0n) is 10.7. The van der Waals surface area contributed by atoms with Gasteiger partial charge in [0, 0.05) is 5.56 Å². The first-order valence-electron chi connectivity index (χ1n) is 5.96. The van der Waals surface area contributed by atoms with Crippen molar-refractivity contribution >= 4 is 0 Å². The van der Waals surface area contributed by atoms with E-state index in [1.165, 1.54) is 0 Å². The third-order valence-corrected chi connectivity index (χ3v) is 2.84. The van der Waals surface area contributed by atoms with Crippen molar-refractivity contribution in [2.24, 2.45) is 5.92 Å². The number of hydrogen-bond donors (Lipinski definition) is 1. The second-order valence-corrected chi connectivity index (χ2v) is 4.54. The Bertz CT molecular complexity index is 332. The van der Waals surface area contributed by atoms with Crippen LogP contribution in [-0.4, -0.2) is 11.7 Å². The van der Waals surface area contributed by atoms with Gasteiger partial charge in [-0.25, -0.2) is 0 Å². The fourth-order valence-electron chi connectivity index (χ4n) is 1.48. The Labute approximate surface area is 98.3 Å². The number of benzene rings is 1. The highest BCUT2D eigenvalue weighted by Gasteiger charge is 2.10. The first-order chi connectivity index (χ1) is 7.54. The summed E-state index contributed by atoms with van der Waals surface area (Å²) in [6, 6.07) is 5.94. The molecule has 0 fully saturated rings. The first kappa shape index (κ1) is 13.0. The van der Waals surface area contributed by atoms with Gasteiger partial charge in [-0.2, -0.15) is 0 Å². The summed E-state index contributed by atoms with van der Waals surface area (Å²) in [4.78, 5) is 0. The average Bonchev–Trinajstić information content (AvgIpc) is 2.26. The van der Waals surface area contributed by atoms with Crippen LogP contribution in [0.15, 0.2) is 18.2 Å². The van der Waals surface area contributed by atoms with Crippen LogP contribution >= 0.6 is 0 Å². The van der Waals surface area contributed by atoms with Crippen molar-refractivity contribution in [3.05, 3.63) is 29.3 Å². The quantitative estimate of drug-likeness (QED) is 0.826. The van der Waals surface area contributed by atoms with Crippen molar-refractivity contribution in [3.63, 3.8) is 0 Å². The van der Waals surface area contributed by atoms with Crippen molar-refractivity contribution in [2.75, 3.05) is 6.61 Å². The Kier molecular flexibility index (Phi) is 4.81. The van der Waals surface area contributed by atoms with Crippen LogP contribution in [0.4, 0.5) is 0 Å². The van der Waals surface area contributed by atoms with Crippen LogP contribution in [0.1, 0.15) is 44.4 Å². The lowest BCUT2D eigenvalue weighted by atomic mass is 10.1. The van der Waals surface area contributed by atoms with Gasteiger partial charge >= 0.3 is 0 Å². The number of aliphatic hydroxyl groups excluding tert-OH is 1. The Morgan fingerprint density at radius 3 is 2.56 bits per heavy atom. The van der Waals surface area contributed by atoms with Crippen molar-refractivity contribution in [3.8, 4) is 5.75 Å². The minimum absolute atomic E-state index is 0.480. The SMILES string of the molecule is CCC(C)COc1ccc(C)cc1[C@@H](C)O. The predicted molar refractivity (Wildman–Crippen MR) is 66.8 cm³/mol. The summed E-state index contributed by atoms with van der Waals surface area (Å²) in [5.74, 6) is 1.35. The standard InChI is InChI=1S/C14H22O2/c1-5-10(2)9-16-14-7-6-11(3)8-13(14)12(4)15/h6-8,10,12,15H,5,9H2,1-4H3/t10?,12-/m1/s1. The van der Waals surface area contributed by atoms with Crippen LogP contribution in [0, 0.1) is 12.8 Å². The molecule has 0 bridgehead atoms. The van der Waals surface area contributed by atoms with Gasteiger partial charge in [0.25, 0.3) is 0 Å². The lowest BCUT2D eigenvalue weighted by Crippen LogP contribution is -2.09. The van der Waals surface area contributed by atoms with Gasteiger partial charge in [-0.3, -0.25) is 0 Å². The van der Waals surface area contributed by atoms with E-state index in [-0.39, 0.29) is 0 Å². The fraction of sp³-hybridized carbons (Fsp3) is 0.571. The van der Waals surface area contributed by atoms with Crippen LogP contribution in [0.25, 0.3) is 0 Å². The average molecular weight is 222 g/mol. The van der Waals surface area contributed by atoms with Gasteiger partial charge in [-0.05, 0) is 31.9 Å². The molecule has 16 heavy (non-hydrogen) atoms. The van der Waals surface area contributed by atoms with Crippen molar-refractivity contribution in [1.29, 1.82) is 0 Å². The maximum absolute atomic E-state index is 9.67. The highest BCUT2D eigenvalue weighted by molar-refractivity contribution is 5.38. The minimum atomic E-state index is -0.480. The van der Waals surface area contributed by atoms with Gasteiger partial charge in [-0.15, -0.1) is 0 Å². The monoisotopic (exact) mass is 222 g/mol. The topological polar surface area (TPSA) is 29.5 Å². The van der Waals surface area contributed by atoms with Crippen LogP contribution in [0.3, 0.4) is 0 Å². The van der Waals surface area contributed by atoms with Gasteiger partial charge in [0.2, 0.25) is 0 Å². The van der Waals surface area contributed by atoms with Crippen LogP contribution in [0.5, 0.6) is 5.75 Å². The maximum Gasteiger partial charge on any atom is 0.125 e. The molecule has 2 nitrogen and oxygen atoms in total. The molecule has 0 spiro atoms. The van der Waals surface area contributed by atoms with E-state index in [4.69, 9.17) is 4.74 Å². The van der Waals surface area contributed by atoms with Gasteiger partial charge in [-0.1, -0.05) is 31.9 Å². The van der Waals surface area contributed by atoms with Crippen molar-refractivity contribution < 1.29 is 9.84 Å². The first-order valence-corrected chi connectivity index (χ1v) is 5.96. The smallest absolute Gasteiger partial charge is 0.125 e. The Hall–Kier alpha value is -1.02. The summed E-state index contributed by atoms with van der Waals surface area (Å²) in [5.41, 5.74) is 2.02. The molecule has 0 saturated carbocycles. The molecular weight excluding hydrogens is 200 g/mol. The minimum Gasteiger partial charge on any atom is -0.493 e. The summed E-state index contributed by atoms with van der Waals surface area (Å²) < 4.78 is 5.75. The number of rotatable bonds is 5. The molecule has 0 heterocycles. The van der Waals surface area contributed by atoms with E-state index in [1.807, 2.05) is 25.1 Å². The van der Waals surface area contributed by atoms with Gasteiger partial charge in [0.05, 0.1) is 12.7 Å². The third kappa shape index (κ3) is 3.53. The molecule has 2 atom stereocenters.